The number of para-hydroxylation sites is 1. The van der Waals surface area contributed by atoms with E-state index in [9.17, 15) is 18.0 Å². The van der Waals surface area contributed by atoms with Gasteiger partial charge in [0.05, 0.1) is 6.42 Å². The molecular weight excluding hydrogens is 269 g/mol. The van der Waals surface area contributed by atoms with Gasteiger partial charge in [-0.15, -0.1) is 0 Å². The fourth-order valence-corrected chi connectivity index (χ4v) is 2.56. The molecule has 0 bridgehead atoms. The molecule has 0 saturated heterocycles. The van der Waals surface area contributed by atoms with Gasteiger partial charge in [0.2, 0.25) is 5.91 Å². The van der Waals surface area contributed by atoms with Crippen molar-refractivity contribution in [2.24, 2.45) is 5.73 Å². The van der Waals surface area contributed by atoms with E-state index in [-0.39, 0.29) is 5.92 Å². The van der Waals surface area contributed by atoms with E-state index in [0.717, 1.165) is 17.7 Å². The van der Waals surface area contributed by atoms with E-state index in [2.05, 4.69) is 0 Å². The van der Waals surface area contributed by atoms with Gasteiger partial charge in [-0.3, -0.25) is 4.79 Å². The minimum Gasteiger partial charge on any atom is -0.330 e. The molecule has 0 radical (unpaired) electrons. The minimum atomic E-state index is -4.30. The molecule has 0 aromatic heterocycles. The summed E-state index contributed by atoms with van der Waals surface area (Å²) < 4.78 is 36.6. The highest BCUT2D eigenvalue weighted by Crippen LogP contribution is 2.38. The van der Waals surface area contributed by atoms with Gasteiger partial charge in [-0.25, -0.2) is 0 Å². The lowest BCUT2D eigenvalue weighted by atomic mass is 9.98. The summed E-state index contributed by atoms with van der Waals surface area (Å²) in [5, 5.41) is 0. The van der Waals surface area contributed by atoms with E-state index in [4.69, 9.17) is 5.73 Å². The Bertz CT molecular complexity index is 488. The van der Waals surface area contributed by atoms with Crippen molar-refractivity contribution in [2.45, 2.75) is 31.4 Å². The predicted octanol–water partition coefficient (Wildman–Crippen LogP) is 2.81. The molecule has 0 saturated carbocycles. The molecule has 0 fully saturated rings. The lowest BCUT2D eigenvalue weighted by Crippen LogP contribution is -2.31. The Kier molecular flexibility index (Phi) is 4.32. The lowest BCUT2D eigenvalue weighted by molar-refractivity contribution is -0.143. The van der Waals surface area contributed by atoms with Crippen molar-refractivity contribution in [3.8, 4) is 0 Å². The smallest absolute Gasteiger partial charge is 0.330 e. The SMILES string of the molecule is NCCC1CN(C(=O)CCC(F)(F)F)c2ccccc21. The third kappa shape index (κ3) is 3.30. The third-order valence-corrected chi connectivity index (χ3v) is 3.51. The summed E-state index contributed by atoms with van der Waals surface area (Å²) in [5.74, 6) is -0.361. The highest BCUT2D eigenvalue weighted by molar-refractivity contribution is 5.95. The maximum absolute atomic E-state index is 12.2. The molecule has 110 valence electrons. The molecule has 0 aliphatic carbocycles. The standard InChI is InChI=1S/C14H17F3N2O/c15-14(16,17)7-5-13(20)19-9-10(6-8-18)11-3-1-2-4-12(11)19/h1-4,10H,5-9,18H2. The minimum absolute atomic E-state index is 0.117. The van der Waals surface area contributed by atoms with Crippen LogP contribution in [-0.4, -0.2) is 25.2 Å². The second-order valence-electron chi connectivity index (χ2n) is 4.95. The number of halogens is 3. The van der Waals surface area contributed by atoms with Gasteiger partial charge >= 0.3 is 6.18 Å². The second-order valence-corrected chi connectivity index (χ2v) is 4.95. The average Bonchev–Trinajstić information content (AvgIpc) is 2.75. The topological polar surface area (TPSA) is 46.3 Å². The van der Waals surface area contributed by atoms with E-state index in [1.54, 1.807) is 12.1 Å². The van der Waals surface area contributed by atoms with Crippen LogP contribution in [0.5, 0.6) is 0 Å². The van der Waals surface area contributed by atoms with Gasteiger partial charge in [0.1, 0.15) is 0 Å². The molecule has 3 nitrogen and oxygen atoms in total. The van der Waals surface area contributed by atoms with Gasteiger partial charge in [0.15, 0.2) is 0 Å². The predicted molar refractivity (Wildman–Crippen MR) is 70.5 cm³/mol. The summed E-state index contributed by atoms with van der Waals surface area (Å²) in [5.41, 5.74) is 7.27. The van der Waals surface area contributed by atoms with Crippen LogP contribution >= 0.6 is 0 Å². The molecule has 0 spiro atoms. The number of carbonyl (C=O) groups excluding carboxylic acids is 1. The van der Waals surface area contributed by atoms with Crippen molar-refractivity contribution < 1.29 is 18.0 Å². The summed E-state index contributed by atoms with van der Waals surface area (Å²) in [7, 11) is 0. The summed E-state index contributed by atoms with van der Waals surface area (Å²) in [4.78, 5) is 13.5. The number of rotatable bonds is 4. The number of nitrogens with two attached hydrogens (primary N) is 1. The first-order chi connectivity index (χ1) is 9.42. The van der Waals surface area contributed by atoms with Crippen molar-refractivity contribution >= 4 is 11.6 Å². The van der Waals surface area contributed by atoms with Crippen molar-refractivity contribution in [1.29, 1.82) is 0 Å². The molecule has 2 N–H and O–H groups in total. The number of alkyl halides is 3. The lowest BCUT2D eigenvalue weighted by Gasteiger charge is -2.18. The molecular formula is C14H17F3N2O. The van der Waals surface area contributed by atoms with E-state index >= 15 is 0 Å². The van der Waals surface area contributed by atoms with Gasteiger partial charge < -0.3 is 10.6 Å². The van der Waals surface area contributed by atoms with Crippen molar-refractivity contribution in [3.63, 3.8) is 0 Å². The molecule has 1 aliphatic heterocycles. The molecule has 6 heteroatoms. The molecule has 2 rings (SSSR count). The Hall–Kier alpha value is -1.56. The number of hydrogen-bond acceptors (Lipinski definition) is 2. The fraction of sp³-hybridized carbons (Fsp3) is 0.500. The van der Waals surface area contributed by atoms with Gasteiger partial charge in [-0.2, -0.15) is 13.2 Å². The number of hydrogen-bond donors (Lipinski definition) is 1. The molecule has 1 amide bonds. The zero-order chi connectivity index (χ0) is 14.8. The first-order valence-electron chi connectivity index (χ1n) is 6.58. The van der Waals surface area contributed by atoms with E-state index in [1.165, 1.54) is 4.90 Å². The van der Waals surface area contributed by atoms with Gasteiger partial charge in [-0.05, 0) is 24.6 Å². The second kappa shape index (κ2) is 5.83. The van der Waals surface area contributed by atoms with Crippen molar-refractivity contribution in [3.05, 3.63) is 29.8 Å². The van der Waals surface area contributed by atoms with Crippen LogP contribution in [0.25, 0.3) is 0 Å². The summed E-state index contributed by atoms with van der Waals surface area (Å²) in [6.45, 7) is 0.914. The average molecular weight is 286 g/mol. The van der Waals surface area contributed by atoms with E-state index in [0.29, 0.717) is 13.1 Å². The van der Waals surface area contributed by atoms with Crippen LogP contribution in [0.1, 0.15) is 30.7 Å². The van der Waals surface area contributed by atoms with Crippen molar-refractivity contribution in [1.82, 2.24) is 0 Å². The Morgan fingerprint density at radius 2 is 2.05 bits per heavy atom. The third-order valence-electron chi connectivity index (χ3n) is 3.51. The van der Waals surface area contributed by atoms with Crippen LogP contribution in [0.2, 0.25) is 0 Å². The highest BCUT2D eigenvalue weighted by atomic mass is 19.4. The molecule has 20 heavy (non-hydrogen) atoms. The van der Waals surface area contributed by atoms with Crippen LogP contribution < -0.4 is 10.6 Å². The first kappa shape index (κ1) is 14.8. The Morgan fingerprint density at radius 1 is 1.35 bits per heavy atom. The molecule has 1 aromatic carbocycles. The molecule has 1 atom stereocenters. The first-order valence-corrected chi connectivity index (χ1v) is 6.58. The highest BCUT2D eigenvalue weighted by Gasteiger charge is 2.34. The zero-order valence-corrected chi connectivity index (χ0v) is 11.0. The number of nitrogens with zero attached hydrogens (tertiary/aromatic N) is 1. The maximum atomic E-state index is 12.2. The summed E-state index contributed by atoms with van der Waals surface area (Å²) >= 11 is 0. The maximum Gasteiger partial charge on any atom is 0.389 e. The van der Waals surface area contributed by atoms with Crippen LogP contribution in [0.4, 0.5) is 18.9 Å². The fourth-order valence-electron chi connectivity index (χ4n) is 2.56. The van der Waals surface area contributed by atoms with Crippen molar-refractivity contribution in [2.75, 3.05) is 18.0 Å². The van der Waals surface area contributed by atoms with Crippen LogP contribution in [0, 0.1) is 0 Å². The molecule has 1 heterocycles. The monoisotopic (exact) mass is 286 g/mol. The Balaban J connectivity index is 2.12. The summed E-state index contributed by atoms with van der Waals surface area (Å²) in [6, 6.07) is 7.34. The van der Waals surface area contributed by atoms with E-state index in [1.807, 2.05) is 12.1 Å². The van der Waals surface area contributed by atoms with Gasteiger partial charge in [0.25, 0.3) is 0 Å². The number of fused-ring (bicyclic) bond motifs is 1. The summed E-state index contributed by atoms with van der Waals surface area (Å²) in [6.07, 6.45) is -5.16. The number of anilines is 1. The Labute approximate surface area is 115 Å². The molecule has 1 aliphatic rings. The number of amides is 1. The Morgan fingerprint density at radius 3 is 2.70 bits per heavy atom. The number of carbonyl (C=O) groups is 1. The van der Waals surface area contributed by atoms with Gasteiger partial charge in [-0.1, -0.05) is 18.2 Å². The quantitative estimate of drug-likeness (QED) is 0.925. The van der Waals surface area contributed by atoms with Gasteiger partial charge in [0, 0.05) is 24.6 Å². The molecule has 1 unspecified atom stereocenters. The largest absolute Gasteiger partial charge is 0.389 e. The van der Waals surface area contributed by atoms with E-state index < -0.39 is 24.9 Å². The molecule has 1 aromatic rings. The van der Waals surface area contributed by atoms with Crippen LogP contribution in [0.3, 0.4) is 0 Å². The normalized spacial score (nSPS) is 18.2. The zero-order valence-electron chi connectivity index (χ0n) is 11.0. The van der Waals surface area contributed by atoms with Crippen LogP contribution in [-0.2, 0) is 4.79 Å². The number of benzene rings is 1. The van der Waals surface area contributed by atoms with Crippen LogP contribution in [0.15, 0.2) is 24.3 Å².